The topological polar surface area (TPSA) is 61.2 Å². The van der Waals surface area contributed by atoms with Crippen molar-refractivity contribution in [2.75, 3.05) is 0 Å². The van der Waals surface area contributed by atoms with Crippen molar-refractivity contribution >= 4 is 5.97 Å². The predicted octanol–water partition coefficient (Wildman–Crippen LogP) is 2.24. The van der Waals surface area contributed by atoms with E-state index >= 15 is 0 Å². The lowest BCUT2D eigenvalue weighted by atomic mass is 10.2. The molecular weight excluding hydrogens is 301 g/mol. The van der Waals surface area contributed by atoms with Crippen LogP contribution in [0.25, 0.3) is 0 Å². The predicted molar refractivity (Wildman–Crippen MR) is 70.4 cm³/mol. The van der Waals surface area contributed by atoms with Gasteiger partial charge in [-0.3, -0.25) is 9.59 Å². The molecule has 8 heteroatoms. The van der Waals surface area contributed by atoms with Crippen LogP contribution >= 0.6 is 0 Å². The van der Waals surface area contributed by atoms with Crippen LogP contribution < -0.4 is 10.3 Å². The molecule has 0 N–H and O–H groups in total. The number of alkyl halides is 3. The number of ether oxygens (including phenoxy) is 1. The molecule has 5 nitrogen and oxygen atoms in total. The van der Waals surface area contributed by atoms with E-state index in [9.17, 15) is 22.8 Å². The van der Waals surface area contributed by atoms with Crippen molar-refractivity contribution in [3.05, 3.63) is 58.0 Å². The summed E-state index contributed by atoms with van der Waals surface area (Å²) in [5.41, 5.74) is -1.93. The maximum atomic E-state index is 12.7. The number of carbonyl (C=O) groups excluding carboxylic acids is 1. The third kappa shape index (κ3) is 3.72. The fourth-order valence-corrected chi connectivity index (χ4v) is 1.78. The van der Waals surface area contributed by atoms with Crippen molar-refractivity contribution in [2.24, 2.45) is 0 Å². The first-order valence-corrected chi connectivity index (χ1v) is 6.18. The maximum absolute atomic E-state index is 12.7. The Bertz CT molecular complexity index is 736. The van der Waals surface area contributed by atoms with Crippen molar-refractivity contribution in [1.82, 2.24) is 9.78 Å². The lowest BCUT2D eigenvalue weighted by molar-refractivity contribution is -0.139. The molecule has 0 atom stereocenters. The largest absolute Gasteiger partial charge is 0.427 e. The van der Waals surface area contributed by atoms with Crippen LogP contribution in [0.15, 0.2) is 41.3 Å². The van der Waals surface area contributed by atoms with Crippen molar-refractivity contribution in [2.45, 2.75) is 19.6 Å². The molecule has 1 heterocycles. The normalized spacial score (nSPS) is 11.3. The van der Waals surface area contributed by atoms with E-state index in [2.05, 4.69) is 5.10 Å². The van der Waals surface area contributed by atoms with Gasteiger partial charge in [0.15, 0.2) is 0 Å². The van der Waals surface area contributed by atoms with Crippen molar-refractivity contribution in [3.8, 4) is 5.75 Å². The first kappa shape index (κ1) is 15.7. The standard InChI is InChI=1S/C14H11F3N2O3/c1-9(20)22-11-4-2-10(3-5-11)8-19-13(21)12(6-7-18-19)14(15,16)17/h2-7H,8H2,1H3. The third-order valence-electron chi connectivity index (χ3n) is 2.73. The summed E-state index contributed by atoms with van der Waals surface area (Å²) in [7, 11) is 0. The van der Waals surface area contributed by atoms with E-state index in [1.54, 1.807) is 0 Å². The molecule has 0 bridgehead atoms. The Balaban J connectivity index is 2.24. The van der Waals surface area contributed by atoms with Crippen LogP contribution in [0.3, 0.4) is 0 Å². The second-order valence-electron chi connectivity index (χ2n) is 4.44. The Morgan fingerprint density at radius 3 is 2.41 bits per heavy atom. The quantitative estimate of drug-likeness (QED) is 0.644. The molecule has 2 rings (SSSR count). The van der Waals surface area contributed by atoms with E-state index in [1.807, 2.05) is 0 Å². The molecule has 116 valence electrons. The van der Waals surface area contributed by atoms with Gasteiger partial charge in [-0.25, -0.2) is 4.68 Å². The average molecular weight is 312 g/mol. The lowest BCUT2D eigenvalue weighted by Gasteiger charge is -2.09. The molecule has 1 aromatic carbocycles. The number of esters is 1. The summed E-state index contributed by atoms with van der Waals surface area (Å²) in [6, 6.07) is 6.67. The van der Waals surface area contributed by atoms with Crippen LogP contribution in [0.4, 0.5) is 13.2 Å². The molecule has 0 saturated carbocycles. The highest BCUT2D eigenvalue weighted by atomic mass is 19.4. The molecule has 1 aromatic heterocycles. The van der Waals surface area contributed by atoms with Gasteiger partial charge in [0, 0.05) is 13.1 Å². The molecule has 0 amide bonds. The molecule has 0 unspecified atom stereocenters. The molecule has 0 radical (unpaired) electrons. The Labute approximate surface area is 122 Å². The van der Waals surface area contributed by atoms with Crippen LogP contribution in [-0.2, 0) is 17.5 Å². The third-order valence-corrected chi connectivity index (χ3v) is 2.73. The van der Waals surface area contributed by atoms with Gasteiger partial charge in [0.2, 0.25) is 0 Å². The van der Waals surface area contributed by atoms with Crippen LogP contribution in [0.1, 0.15) is 18.1 Å². The van der Waals surface area contributed by atoms with E-state index in [0.717, 1.165) is 10.9 Å². The number of aromatic nitrogens is 2. The molecule has 0 aliphatic carbocycles. The lowest BCUT2D eigenvalue weighted by Crippen LogP contribution is -2.30. The van der Waals surface area contributed by atoms with E-state index in [1.165, 1.54) is 31.2 Å². The van der Waals surface area contributed by atoms with Crippen LogP contribution in [0.2, 0.25) is 0 Å². The summed E-state index contributed by atoms with van der Waals surface area (Å²) < 4.78 is 43.5. The smallest absolute Gasteiger partial charge is 0.421 e. The molecule has 0 saturated heterocycles. The highest BCUT2D eigenvalue weighted by molar-refractivity contribution is 5.69. The van der Waals surface area contributed by atoms with E-state index in [0.29, 0.717) is 17.4 Å². The summed E-state index contributed by atoms with van der Waals surface area (Å²) in [4.78, 5) is 22.5. The maximum Gasteiger partial charge on any atom is 0.421 e. The summed E-state index contributed by atoms with van der Waals surface area (Å²) in [5.74, 6) is -0.177. The second-order valence-corrected chi connectivity index (χ2v) is 4.44. The molecule has 0 spiro atoms. The van der Waals surface area contributed by atoms with Crippen LogP contribution in [-0.4, -0.2) is 15.7 Å². The minimum absolute atomic E-state index is 0.122. The molecule has 0 aliphatic heterocycles. The molecule has 0 fully saturated rings. The van der Waals surface area contributed by atoms with Crippen molar-refractivity contribution in [1.29, 1.82) is 0 Å². The minimum Gasteiger partial charge on any atom is -0.427 e. The Hall–Kier alpha value is -2.64. The van der Waals surface area contributed by atoms with Gasteiger partial charge >= 0.3 is 12.1 Å². The minimum atomic E-state index is -4.72. The number of hydrogen-bond acceptors (Lipinski definition) is 4. The van der Waals surface area contributed by atoms with Gasteiger partial charge in [0.05, 0.1) is 6.54 Å². The summed E-state index contributed by atoms with van der Waals surface area (Å²) >= 11 is 0. The van der Waals surface area contributed by atoms with E-state index in [-0.39, 0.29) is 6.54 Å². The van der Waals surface area contributed by atoms with Gasteiger partial charge in [0.1, 0.15) is 11.3 Å². The van der Waals surface area contributed by atoms with Gasteiger partial charge in [-0.05, 0) is 23.8 Å². The highest BCUT2D eigenvalue weighted by Gasteiger charge is 2.34. The Morgan fingerprint density at radius 1 is 1.23 bits per heavy atom. The van der Waals surface area contributed by atoms with Crippen LogP contribution in [0.5, 0.6) is 5.75 Å². The number of nitrogens with zero attached hydrogens (tertiary/aromatic N) is 2. The average Bonchev–Trinajstić information content (AvgIpc) is 2.41. The molecule has 0 aliphatic rings. The zero-order valence-corrected chi connectivity index (χ0v) is 11.4. The number of hydrogen-bond donors (Lipinski definition) is 0. The molecule has 2 aromatic rings. The van der Waals surface area contributed by atoms with Gasteiger partial charge in [-0.1, -0.05) is 12.1 Å². The number of benzene rings is 1. The first-order chi connectivity index (χ1) is 10.3. The van der Waals surface area contributed by atoms with Gasteiger partial charge in [-0.2, -0.15) is 18.3 Å². The molecule has 22 heavy (non-hydrogen) atoms. The zero-order valence-electron chi connectivity index (χ0n) is 11.4. The fraction of sp³-hybridized carbons (Fsp3) is 0.214. The number of halogens is 3. The SMILES string of the molecule is CC(=O)Oc1ccc(Cn2nccc(C(F)(F)F)c2=O)cc1. The van der Waals surface area contributed by atoms with Gasteiger partial charge in [0.25, 0.3) is 5.56 Å². The monoisotopic (exact) mass is 312 g/mol. The summed E-state index contributed by atoms with van der Waals surface area (Å²) in [6.45, 7) is 1.13. The van der Waals surface area contributed by atoms with Gasteiger partial charge in [-0.15, -0.1) is 0 Å². The number of rotatable bonds is 3. The number of carbonyl (C=O) groups is 1. The van der Waals surface area contributed by atoms with E-state index < -0.39 is 23.3 Å². The highest BCUT2D eigenvalue weighted by Crippen LogP contribution is 2.25. The summed E-state index contributed by atoms with van der Waals surface area (Å²) in [5, 5.41) is 3.64. The van der Waals surface area contributed by atoms with Crippen molar-refractivity contribution in [3.63, 3.8) is 0 Å². The Morgan fingerprint density at radius 2 is 1.86 bits per heavy atom. The summed E-state index contributed by atoms with van der Waals surface area (Å²) in [6.07, 6.45) is -3.79. The van der Waals surface area contributed by atoms with Crippen LogP contribution in [0, 0.1) is 0 Å². The second kappa shape index (κ2) is 6.00. The molecular formula is C14H11F3N2O3. The van der Waals surface area contributed by atoms with Gasteiger partial charge < -0.3 is 4.74 Å². The Kier molecular flexibility index (Phi) is 4.30. The first-order valence-electron chi connectivity index (χ1n) is 6.18. The fourth-order valence-electron chi connectivity index (χ4n) is 1.78. The van der Waals surface area contributed by atoms with Crippen molar-refractivity contribution < 1.29 is 22.7 Å². The van der Waals surface area contributed by atoms with E-state index in [4.69, 9.17) is 4.74 Å². The zero-order chi connectivity index (χ0) is 16.3.